The lowest BCUT2D eigenvalue weighted by Crippen LogP contribution is -2.44. The molecule has 0 saturated heterocycles. The van der Waals surface area contributed by atoms with E-state index in [0.717, 1.165) is 6.42 Å². The van der Waals surface area contributed by atoms with Gasteiger partial charge < -0.3 is 4.74 Å². The summed E-state index contributed by atoms with van der Waals surface area (Å²) in [5.74, 6) is 0.855. The maximum atomic E-state index is 11.4. The summed E-state index contributed by atoms with van der Waals surface area (Å²) in [6.07, 6.45) is 15.9. The van der Waals surface area contributed by atoms with Crippen LogP contribution in [0.2, 0.25) is 0 Å². The second-order valence-electron chi connectivity index (χ2n) is 5.57. The third-order valence-corrected chi connectivity index (χ3v) is 4.42. The first-order chi connectivity index (χ1) is 8.68. The molecule has 1 fully saturated rings. The number of hydrogen-bond donors (Lipinski definition) is 0. The van der Waals surface area contributed by atoms with E-state index in [2.05, 4.69) is 25.2 Å². The van der Waals surface area contributed by atoms with Crippen LogP contribution in [-0.2, 0) is 9.53 Å². The summed E-state index contributed by atoms with van der Waals surface area (Å²) in [4.78, 5) is 11.4. The Morgan fingerprint density at radius 1 is 1.28 bits per heavy atom. The summed E-state index contributed by atoms with van der Waals surface area (Å²) < 4.78 is 5.72. The zero-order valence-corrected chi connectivity index (χ0v) is 11.5. The average molecular weight is 248 g/mol. The molecule has 0 radical (unpaired) electrons. The molecule has 18 heavy (non-hydrogen) atoms. The topological polar surface area (TPSA) is 26.3 Å². The van der Waals surface area contributed by atoms with Gasteiger partial charge in [-0.05, 0) is 31.3 Å². The van der Waals surface area contributed by atoms with Crippen molar-refractivity contribution in [2.45, 2.75) is 58.0 Å². The molecule has 1 unspecified atom stereocenters. The minimum absolute atomic E-state index is 0.169. The zero-order chi connectivity index (χ0) is 13.0. The molecule has 0 N–H and O–H groups in total. The Kier molecular flexibility index (Phi) is 4.26. The first kappa shape index (κ1) is 13.4. The summed E-state index contributed by atoms with van der Waals surface area (Å²) in [5, 5.41) is 0. The van der Waals surface area contributed by atoms with Gasteiger partial charge in [-0.2, -0.15) is 0 Å². The van der Waals surface area contributed by atoms with Crippen LogP contribution in [0.3, 0.4) is 0 Å². The lowest BCUT2D eigenvalue weighted by atomic mass is 9.69. The fraction of sp³-hybridized carbons (Fsp3) is 0.688. The molecular formula is C16H24O2. The minimum atomic E-state index is -0.400. The highest BCUT2D eigenvalue weighted by molar-refractivity contribution is 5.67. The molecule has 2 aliphatic rings. The van der Waals surface area contributed by atoms with Crippen LogP contribution in [0.25, 0.3) is 0 Å². The summed E-state index contributed by atoms with van der Waals surface area (Å²) >= 11 is 0. The lowest BCUT2D eigenvalue weighted by molar-refractivity contribution is -0.158. The van der Waals surface area contributed by atoms with Crippen LogP contribution in [0, 0.1) is 11.8 Å². The zero-order valence-electron chi connectivity index (χ0n) is 11.5. The van der Waals surface area contributed by atoms with E-state index in [1.54, 1.807) is 0 Å². The molecule has 0 heterocycles. The van der Waals surface area contributed by atoms with Crippen molar-refractivity contribution >= 4 is 5.97 Å². The summed E-state index contributed by atoms with van der Waals surface area (Å²) in [7, 11) is 0. The predicted molar refractivity (Wildman–Crippen MR) is 73.1 cm³/mol. The predicted octanol–water partition coefficient (Wildman–Crippen LogP) is 4.02. The van der Waals surface area contributed by atoms with Gasteiger partial charge >= 0.3 is 5.97 Å². The molecular weight excluding hydrogens is 224 g/mol. The van der Waals surface area contributed by atoms with Crippen LogP contribution in [0.5, 0.6) is 0 Å². The summed E-state index contributed by atoms with van der Waals surface area (Å²) in [5.41, 5.74) is -0.400. The number of allylic oxidation sites excluding steroid dienone is 2. The molecule has 0 spiro atoms. The van der Waals surface area contributed by atoms with Gasteiger partial charge in [0.2, 0.25) is 0 Å². The van der Waals surface area contributed by atoms with E-state index in [1.165, 1.54) is 39.0 Å². The van der Waals surface area contributed by atoms with Gasteiger partial charge in [-0.3, -0.25) is 4.79 Å². The van der Waals surface area contributed by atoms with Gasteiger partial charge in [0.15, 0.2) is 0 Å². The second kappa shape index (κ2) is 5.73. The van der Waals surface area contributed by atoms with Gasteiger partial charge in [0.25, 0.3) is 0 Å². The molecule has 2 heteroatoms. The fourth-order valence-electron chi connectivity index (χ4n) is 3.52. The van der Waals surface area contributed by atoms with Crippen molar-refractivity contribution in [3.63, 3.8) is 0 Å². The van der Waals surface area contributed by atoms with E-state index in [9.17, 15) is 4.79 Å². The lowest BCUT2D eigenvalue weighted by Gasteiger charge is -2.42. The molecule has 0 amide bonds. The van der Waals surface area contributed by atoms with Gasteiger partial charge in [0, 0.05) is 12.8 Å². The van der Waals surface area contributed by atoms with E-state index in [1.807, 2.05) is 6.08 Å². The highest BCUT2D eigenvalue weighted by atomic mass is 16.6. The number of carbonyl (C=O) groups excluding carboxylic acids is 1. The Labute approximate surface area is 110 Å². The highest BCUT2D eigenvalue weighted by Crippen LogP contribution is 2.42. The Hall–Kier alpha value is -1.05. The molecule has 2 atom stereocenters. The maximum absolute atomic E-state index is 11.4. The average Bonchev–Trinajstić information content (AvgIpc) is 2.39. The highest BCUT2D eigenvalue weighted by Gasteiger charge is 2.42. The Bertz CT molecular complexity index is 350. The van der Waals surface area contributed by atoms with Crippen LogP contribution in [0.1, 0.15) is 52.4 Å². The van der Waals surface area contributed by atoms with Gasteiger partial charge in [0.1, 0.15) is 5.60 Å². The van der Waals surface area contributed by atoms with Crippen LogP contribution >= 0.6 is 0 Å². The smallest absolute Gasteiger partial charge is 0.303 e. The van der Waals surface area contributed by atoms with Crippen molar-refractivity contribution in [3.8, 4) is 0 Å². The molecule has 2 rings (SSSR count). The molecule has 2 aliphatic carbocycles. The van der Waals surface area contributed by atoms with Crippen molar-refractivity contribution in [3.05, 3.63) is 24.3 Å². The van der Waals surface area contributed by atoms with Crippen molar-refractivity contribution in [2.75, 3.05) is 0 Å². The third-order valence-electron chi connectivity index (χ3n) is 4.42. The molecule has 1 saturated carbocycles. The van der Waals surface area contributed by atoms with Gasteiger partial charge in [-0.1, -0.05) is 44.4 Å². The van der Waals surface area contributed by atoms with Crippen LogP contribution < -0.4 is 0 Å². The van der Waals surface area contributed by atoms with Crippen molar-refractivity contribution in [1.29, 1.82) is 0 Å². The molecule has 100 valence electrons. The van der Waals surface area contributed by atoms with Crippen molar-refractivity contribution in [2.24, 2.45) is 11.8 Å². The van der Waals surface area contributed by atoms with E-state index in [0.29, 0.717) is 11.8 Å². The monoisotopic (exact) mass is 248 g/mol. The Morgan fingerprint density at radius 2 is 2.00 bits per heavy atom. The molecule has 0 aromatic rings. The molecule has 2 nitrogen and oxygen atoms in total. The first-order valence-electron chi connectivity index (χ1n) is 7.23. The Balaban J connectivity index is 2.20. The number of hydrogen-bond acceptors (Lipinski definition) is 2. The summed E-state index contributed by atoms with van der Waals surface area (Å²) in [6, 6.07) is 0. The minimum Gasteiger partial charge on any atom is -0.454 e. The quantitative estimate of drug-likeness (QED) is 0.705. The van der Waals surface area contributed by atoms with Crippen LogP contribution in [0.4, 0.5) is 0 Å². The standard InChI is InChI=1S/C16H24O2/c1-3-16(18-13(2)17)12-8-7-11-15(16)14-9-5-4-6-10-14/h7-8,11-12,14-15H,3-6,9-10H2,1-2H3/t15?,16-/m0/s1. The van der Waals surface area contributed by atoms with E-state index < -0.39 is 5.60 Å². The number of rotatable bonds is 3. The summed E-state index contributed by atoms with van der Waals surface area (Å²) in [6.45, 7) is 3.63. The normalized spacial score (nSPS) is 32.4. The van der Waals surface area contributed by atoms with Crippen LogP contribution in [-0.4, -0.2) is 11.6 Å². The van der Waals surface area contributed by atoms with Gasteiger partial charge in [-0.15, -0.1) is 0 Å². The largest absolute Gasteiger partial charge is 0.454 e. The molecule has 0 aromatic heterocycles. The first-order valence-corrected chi connectivity index (χ1v) is 7.23. The second-order valence-corrected chi connectivity index (χ2v) is 5.57. The van der Waals surface area contributed by atoms with Crippen LogP contribution in [0.15, 0.2) is 24.3 Å². The molecule has 0 aliphatic heterocycles. The van der Waals surface area contributed by atoms with Gasteiger partial charge in [-0.25, -0.2) is 0 Å². The van der Waals surface area contributed by atoms with E-state index in [-0.39, 0.29) is 5.97 Å². The fourth-order valence-corrected chi connectivity index (χ4v) is 3.52. The molecule has 0 aromatic carbocycles. The number of carbonyl (C=O) groups is 1. The molecule has 0 bridgehead atoms. The van der Waals surface area contributed by atoms with E-state index in [4.69, 9.17) is 4.74 Å². The van der Waals surface area contributed by atoms with Gasteiger partial charge in [0.05, 0.1) is 0 Å². The maximum Gasteiger partial charge on any atom is 0.303 e. The third kappa shape index (κ3) is 2.68. The van der Waals surface area contributed by atoms with Crippen molar-refractivity contribution in [1.82, 2.24) is 0 Å². The Morgan fingerprint density at radius 3 is 2.61 bits per heavy atom. The van der Waals surface area contributed by atoms with E-state index >= 15 is 0 Å². The number of esters is 1. The number of ether oxygens (including phenoxy) is 1. The van der Waals surface area contributed by atoms with Crippen molar-refractivity contribution < 1.29 is 9.53 Å². The SMILES string of the molecule is CC[C@]1(OC(C)=O)C=CC=CC1C1CCCCC1.